The third-order valence-corrected chi connectivity index (χ3v) is 8.69. The van der Waals surface area contributed by atoms with E-state index in [9.17, 15) is 14.7 Å². The number of allylic oxidation sites excluding steroid dienone is 1. The number of aliphatic hydroxyl groups is 1. The number of halogens is 1. The van der Waals surface area contributed by atoms with Gasteiger partial charge in [0, 0.05) is 29.6 Å². The van der Waals surface area contributed by atoms with Crippen molar-refractivity contribution in [2.24, 2.45) is 28.6 Å². The quantitative estimate of drug-likeness (QED) is 0.725. The van der Waals surface area contributed by atoms with Crippen LogP contribution in [0.4, 0.5) is 4.39 Å². The summed E-state index contributed by atoms with van der Waals surface area (Å²) in [7, 11) is 0. The van der Waals surface area contributed by atoms with Crippen LogP contribution in [0.15, 0.2) is 11.6 Å². The molecule has 0 saturated heterocycles. The molecule has 7 atom stereocenters. The molecule has 0 aromatic heterocycles. The Morgan fingerprint density at radius 3 is 2.52 bits per heavy atom. The highest BCUT2D eigenvalue weighted by atomic mass is 19.1. The van der Waals surface area contributed by atoms with Gasteiger partial charge < -0.3 is 5.11 Å². The molecule has 4 aliphatic rings. The molecule has 4 heteroatoms. The van der Waals surface area contributed by atoms with Gasteiger partial charge in [0.25, 0.3) is 0 Å². The Hall–Kier alpha value is -1.03. The maximum absolute atomic E-state index is 16.7. The lowest BCUT2D eigenvalue weighted by atomic mass is 9.43. The SMILES string of the molecule is C[C@H]1C[C@H]2[C@@H]3CC[C@@](C)(O)[C@@]3(C)CC(=O)[C@]2(F)[C@@]2(C)CCC(=O)C=C12. The molecule has 4 rings (SSSR count). The third-order valence-electron chi connectivity index (χ3n) is 8.69. The number of Topliss-reactive ketones (excluding diaryl/α,β-unsaturated/α-hetero) is 1. The van der Waals surface area contributed by atoms with E-state index in [1.807, 2.05) is 20.8 Å². The van der Waals surface area contributed by atoms with Crippen molar-refractivity contribution in [2.75, 3.05) is 0 Å². The van der Waals surface area contributed by atoms with E-state index in [1.165, 1.54) is 0 Å². The maximum atomic E-state index is 16.7. The van der Waals surface area contributed by atoms with Crippen LogP contribution in [-0.2, 0) is 9.59 Å². The highest BCUT2D eigenvalue weighted by Crippen LogP contribution is 2.69. The first-order valence-corrected chi connectivity index (χ1v) is 9.67. The predicted octanol–water partition coefficient (Wildman–Crippen LogP) is 3.79. The van der Waals surface area contributed by atoms with E-state index in [0.717, 1.165) is 12.0 Å². The summed E-state index contributed by atoms with van der Waals surface area (Å²) in [5.41, 5.74) is -3.42. The Labute approximate surface area is 149 Å². The highest BCUT2D eigenvalue weighted by molar-refractivity contribution is 5.95. The lowest BCUT2D eigenvalue weighted by Crippen LogP contribution is -2.67. The molecular formula is C21H29FO3. The molecular weight excluding hydrogens is 319 g/mol. The van der Waals surface area contributed by atoms with E-state index in [-0.39, 0.29) is 35.7 Å². The van der Waals surface area contributed by atoms with E-state index < -0.39 is 22.1 Å². The van der Waals surface area contributed by atoms with Crippen molar-refractivity contribution in [2.45, 2.75) is 77.5 Å². The second-order valence-corrected chi connectivity index (χ2v) is 9.79. The van der Waals surface area contributed by atoms with E-state index in [0.29, 0.717) is 25.7 Å². The summed E-state index contributed by atoms with van der Waals surface area (Å²) in [5, 5.41) is 10.9. The molecule has 3 nitrogen and oxygen atoms in total. The van der Waals surface area contributed by atoms with Crippen LogP contribution in [0.2, 0.25) is 0 Å². The number of fused-ring (bicyclic) bond motifs is 5. The van der Waals surface area contributed by atoms with Gasteiger partial charge in [-0.2, -0.15) is 0 Å². The van der Waals surface area contributed by atoms with E-state index >= 15 is 4.39 Å². The Morgan fingerprint density at radius 1 is 1.16 bits per heavy atom. The monoisotopic (exact) mass is 348 g/mol. The summed E-state index contributed by atoms with van der Waals surface area (Å²) < 4.78 is 16.7. The van der Waals surface area contributed by atoms with Gasteiger partial charge in [-0.3, -0.25) is 9.59 Å². The zero-order chi connectivity index (χ0) is 18.4. The normalized spacial score (nSPS) is 55.3. The van der Waals surface area contributed by atoms with Crippen LogP contribution in [0.5, 0.6) is 0 Å². The van der Waals surface area contributed by atoms with Crippen molar-refractivity contribution in [3.05, 3.63) is 11.6 Å². The van der Waals surface area contributed by atoms with Crippen LogP contribution in [0.3, 0.4) is 0 Å². The topological polar surface area (TPSA) is 54.4 Å². The number of rotatable bonds is 0. The van der Waals surface area contributed by atoms with Crippen LogP contribution in [-0.4, -0.2) is 27.9 Å². The molecule has 3 saturated carbocycles. The van der Waals surface area contributed by atoms with Gasteiger partial charge in [0.1, 0.15) is 0 Å². The van der Waals surface area contributed by atoms with Crippen molar-refractivity contribution >= 4 is 11.6 Å². The zero-order valence-corrected chi connectivity index (χ0v) is 15.7. The van der Waals surface area contributed by atoms with Crippen molar-refractivity contribution < 1.29 is 19.1 Å². The highest BCUT2D eigenvalue weighted by Gasteiger charge is 2.73. The fraction of sp³-hybridized carbons (Fsp3) is 0.810. The number of carbonyl (C=O) groups excluding carboxylic acids is 2. The van der Waals surface area contributed by atoms with Gasteiger partial charge in [-0.25, -0.2) is 4.39 Å². The van der Waals surface area contributed by atoms with Gasteiger partial charge in [-0.15, -0.1) is 0 Å². The number of alkyl halides is 1. The fourth-order valence-corrected chi connectivity index (χ4v) is 6.90. The van der Waals surface area contributed by atoms with Crippen molar-refractivity contribution in [1.29, 1.82) is 0 Å². The summed E-state index contributed by atoms with van der Waals surface area (Å²) in [4.78, 5) is 25.2. The van der Waals surface area contributed by atoms with Gasteiger partial charge in [0.2, 0.25) is 0 Å². The molecule has 0 aromatic carbocycles. The first kappa shape index (κ1) is 17.4. The Balaban J connectivity index is 1.87. The van der Waals surface area contributed by atoms with Gasteiger partial charge in [-0.1, -0.05) is 26.3 Å². The third kappa shape index (κ3) is 1.85. The van der Waals surface area contributed by atoms with Gasteiger partial charge in [0.15, 0.2) is 17.2 Å². The van der Waals surface area contributed by atoms with Crippen LogP contribution in [0, 0.1) is 28.6 Å². The van der Waals surface area contributed by atoms with Crippen LogP contribution < -0.4 is 0 Å². The molecule has 138 valence electrons. The first-order chi connectivity index (χ1) is 11.5. The molecule has 0 amide bonds. The molecule has 0 aliphatic heterocycles. The molecule has 3 fully saturated rings. The number of carbonyl (C=O) groups is 2. The molecule has 4 aliphatic carbocycles. The Bertz CT molecular complexity index is 695. The van der Waals surface area contributed by atoms with Crippen LogP contribution in [0.25, 0.3) is 0 Å². The second kappa shape index (κ2) is 4.82. The van der Waals surface area contributed by atoms with Crippen LogP contribution >= 0.6 is 0 Å². The number of hydrogen-bond donors (Lipinski definition) is 1. The van der Waals surface area contributed by atoms with Crippen molar-refractivity contribution in [3.63, 3.8) is 0 Å². The standard InChI is InChI=1S/C21H29FO3/c1-12-9-16-14-6-8-20(4,25)19(14,3)11-17(24)21(16,22)18(2)7-5-13(23)10-15(12)18/h10,12,14,16,25H,5-9,11H2,1-4H3/t12-,14-,16-,18-,19-,20+,21-/m0/s1. The smallest absolute Gasteiger partial charge is 0.180 e. The molecule has 0 aromatic rings. The summed E-state index contributed by atoms with van der Waals surface area (Å²) in [6, 6.07) is 0. The lowest BCUT2D eigenvalue weighted by Gasteiger charge is -2.61. The summed E-state index contributed by atoms with van der Waals surface area (Å²) in [6.07, 6.45) is 4.45. The lowest BCUT2D eigenvalue weighted by molar-refractivity contribution is -0.187. The average Bonchev–Trinajstić information content (AvgIpc) is 2.75. The average molecular weight is 348 g/mol. The molecule has 0 spiro atoms. The molecule has 0 bridgehead atoms. The van der Waals surface area contributed by atoms with Crippen molar-refractivity contribution in [1.82, 2.24) is 0 Å². The zero-order valence-electron chi connectivity index (χ0n) is 15.7. The largest absolute Gasteiger partial charge is 0.390 e. The summed E-state index contributed by atoms with van der Waals surface area (Å²) in [5.74, 6) is -0.545. The Kier molecular flexibility index (Phi) is 3.35. The van der Waals surface area contributed by atoms with Crippen molar-refractivity contribution in [3.8, 4) is 0 Å². The molecule has 0 radical (unpaired) electrons. The first-order valence-electron chi connectivity index (χ1n) is 9.67. The minimum absolute atomic E-state index is 0.0173. The van der Waals surface area contributed by atoms with Crippen LogP contribution in [0.1, 0.15) is 66.2 Å². The molecule has 0 heterocycles. The van der Waals surface area contributed by atoms with E-state index in [1.54, 1.807) is 6.08 Å². The fourth-order valence-electron chi connectivity index (χ4n) is 6.90. The second-order valence-electron chi connectivity index (χ2n) is 9.79. The number of ketones is 2. The van der Waals surface area contributed by atoms with Gasteiger partial charge in [0.05, 0.1) is 5.60 Å². The van der Waals surface area contributed by atoms with E-state index in [4.69, 9.17) is 0 Å². The minimum Gasteiger partial charge on any atom is -0.390 e. The molecule has 0 unspecified atom stereocenters. The van der Waals surface area contributed by atoms with Gasteiger partial charge in [-0.05, 0) is 50.5 Å². The molecule has 25 heavy (non-hydrogen) atoms. The van der Waals surface area contributed by atoms with Gasteiger partial charge >= 0.3 is 0 Å². The Morgan fingerprint density at radius 2 is 1.84 bits per heavy atom. The number of hydrogen-bond acceptors (Lipinski definition) is 3. The minimum atomic E-state index is -1.91. The van der Waals surface area contributed by atoms with E-state index in [2.05, 4.69) is 6.92 Å². The maximum Gasteiger partial charge on any atom is 0.180 e. The summed E-state index contributed by atoms with van der Waals surface area (Å²) >= 11 is 0. The summed E-state index contributed by atoms with van der Waals surface area (Å²) in [6.45, 7) is 7.71. The molecule has 1 N–H and O–H groups in total. The predicted molar refractivity (Wildman–Crippen MR) is 92.6 cm³/mol.